The van der Waals surface area contributed by atoms with Crippen LogP contribution in [0.15, 0.2) is 18.2 Å². The number of aliphatic hydroxyl groups is 1. The van der Waals surface area contributed by atoms with Crippen molar-refractivity contribution in [3.63, 3.8) is 0 Å². The Bertz CT molecular complexity index is 271. The van der Waals surface area contributed by atoms with Crippen molar-refractivity contribution in [2.24, 2.45) is 5.73 Å². The van der Waals surface area contributed by atoms with Gasteiger partial charge in [-0.25, -0.2) is 0 Å². The number of nitrogens with two attached hydrogens (primary N) is 1. The van der Waals surface area contributed by atoms with Crippen LogP contribution in [0.5, 0.6) is 5.75 Å². The van der Waals surface area contributed by atoms with Crippen LogP contribution >= 0.6 is 0 Å². The summed E-state index contributed by atoms with van der Waals surface area (Å²) in [5.41, 5.74) is 7.06. The Morgan fingerprint density at radius 2 is 2.17 bits per heavy atom. The van der Waals surface area contributed by atoms with Gasteiger partial charge in [-0.3, -0.25) is 0 Å². The first-order chi connectivity index (χ1) is 5.65. The third kappa shape index (κ3) is 1.75. The second kappa shape index (κ2) is 3.56. The molecule has 0 aliphatic carbocycles. The first-order valence-electron chi connectivity index (χ1n) is 3.83. The minimum Gasteiger partial charge on any atom is -0.508 e. The summed E-state index contributed by atoms with van der Waals surface area (Å²) < 4.78 is 0. The van der Waals surface area contributed by atoms with E-state index in [0.29, 0.717) is 5.56 Å². The number of aromatic hydroxyl groups is 1. The van der Waals surface area contributed by atoms with Crippen LogP contribution in [0, 0.1) is 0 Å². The molecule has 0 saturated heterocycles. The summed E-state index contributed by atoms with van der Waals surface area (Å²) in [5, 5.41) is 18.0. The molecule has 0 amide bonds. The lowest BCUT2D eigenvalue weighted by Crippen LogP contribution is -2.05. The van der Waals surface area contributed by atoms with Gasteiger partial charge in [-0.1, -0.05) is 6.07 Å². The van der Waals surface area contributed by atoms with E-state index in [-0.39, 0.29) is 18.4 Å². The number of hydrogen-bond donors (Lipinski definition) is 3. The third-order valence-corrected chi connectivity index (χ3v) is 1.80. The minimum absolute atomic E-state index is 0.0732. The zero-order valence-electron chi connectivity index (χ0n) is 6.99. The predicted octanol–water partition coefficient (Wildman–Crippen LogP) is 0.904. The van der Waals surface area contributed by atoms with Crippen molar-refractivity contribution >= 4 is 0 Å². The average Bonchev–Trinajstić information content (AvgIpc) is 2.05. The smallest absolute Gasteiger partial charge is 0.121 e. The Balaban J connectivity index is 3.05. The van der Waals surface area contributed by atoms with Crippen LogP contribution in [0.4, 0.5) is 0 Å². The second-order valence-electron chi connectivity index (χ2n) is 2.83. The van der Waals surface area contributed by atoms with E-state index in [4.69, 9.17) is 10.8 Å². The molecular formula is C9H13NO2. The van der Waals surface area contributed by atoms with E-state index < -0.39 is 0 Å². The zero-order valence-corrected chi connectivity index (χ0v) is 6.99. The van der Waals surface area contributed by atoms with Gasteiger partial charge in [-0.15, -0.1) is 0 Å². The maximum absolute atomic E-state index is 9.22. The molecule has 0 bridgehead atoms. The van der Waals surface area contributed by atoms with Crippen LogP contribution in [-0.2, 0) is 6.61 Å². The fourth-order valence-electron chi connectivity index (χ4n) is 1.02. The maximum atomic E-state index is 9.22. The predicted molar refractivity (Wildman–Crippen MR) is 46.6 cm³/mol. The summed E-state index contributed by atoms with van der Waals surface area (Å²) in [6.45, 7) is 1.69. The van der Waals surface area contributed by atoms with Crippen LogP contribution in [0.1, 0.15) is 24.1 Å². The van der Waals surface area contributed by atoms with E-state index in [2.05, 4.69) is 0 Å². The van der Waals surface area contributed by atoms with Crippen LogP contribution in [0.2, 0.25) is 0 Å². The van der Waals surface area contributed by atoms with Crippen molar-refractivity contribution in [1.29, 1.82) is 0 Å². The van der Waals surface area contributed by atoms with Gasteiger partial charge >= 0.3 is 0 Å². The van der Waals surface area contributed by atoms with Gasteiger partial charge in [-0.2, -0.15) is 0 Å². The quantitative estimate of drug-likeness (QED) is 0.613. The summed E-state index contributed by atoms with van der Waals surface area (Å²) in [6.07, 6.45) is 0. The Kier molecular flexibility index (Phi) is 2.68. The van der Waals surface area contributed by atoms with Crippen molar-refractivity contribution < 1.29 is 10.2 Å². The SMILES string of the molecule is CC(N)c1ccc(O)c(CO)c1. The van der Waals surface area contributed by atoms with Gasteiger partial charge in [0, 0.05) is 11.6 Å². The van der Waals surface area contributed by atoms with Gasteiger partial charge < -0.3 is 15.9 Å². The molecule has 0 radical (unpaired) electrons. The average molecular weight is 167 g/mol. The van der Waals surface area contributed by atoms with Gasteiger partial charge in [0.1, 0.15) is 5.75 Å². The molecule has 0 spiro atoms. The Morgan fingerprint density at radius 3 is 2.67 bits per heavy atom. The Morgan fingerprint density at radius 1 is 1.50 bits per heavy atom. The van der Waals surface area contributed by atoms with Gasteiger partial charge in [0.15, 0.2) is 0 Å². The molecule has 0 heterocycles. The molecule has 12 heavy (non-hydrogen) atoms. The normalized spacial score (nSPS) is 12.9. The first kappa shape index (κ1) is 9.03. The number of aliphatic hydroxyl groups excluding tert-OH is 1. The molecule has 0 fully saturated rings. The van der Waals surface area contributed by atoms with E-state index in [1.807, 2.05) is 6.92 Å². The molecule has 0 aromatic heterocycles. The first-order valence-corrected chi connectivity index (χ1v) is 3.83. The second-order valence-corrected chi connectivity index (χ2v) is 2.83. The van der Waals surface area contributed by atoms with Crippen molar-refractivity contribution in [1.82, 2.24) is 0 Å². The topological polar surface area (TPSA) is 66.5 Å². The van der Waals surface area contributed by atoms with Crippen molar-refractivity contribution in [3.8, 4) is 5.75 Å². The highest BCUT2D eigenvalue weighted by molar-refractivity contribution is 5.36. The fraction of sp³-hybridized carbons (Fsp3) is 0.333. The van der Waals surface area contributed by atoms with Crippen molar-refractivity contribution in [3.05, 3.63) is 29.3 Å². The molecule has 1 aromatic carbocycles. The van der Waals surface area contributed by atoms with E-state index in [9.17, 15) is 5.11 Å². The van der Waals surface area contributed by atoms with Crippen molar-refractivity contribution in [2.45, 2.75) is 19.6 Å². The summed E-state index contributed by atoms with van der Waals surface area (Å²) in [7, 11) is 0. The number of benzene rings is 1. The van der Waals surface area contributed by atoms with Crippen LogP contribution in [0.25, 0.3) is 0 Å². The monoisotopic (exact) mass is 167 g/mol. The van der Waals surface area contributed by atoms with E-state index in [0.717, 1.165) is 5.56 Å². The van der Waals surface area contributed by atoms with Crippen LogP contribution < -0.4 is 5.73 Å². The molecule has 1 aromatic rings. The zero-order chi connectivity index (χ0) is 9.14. The molecule has 1 atom stereocenters. The minimum atomic E-state index is -0.160. The largest absolute Gasteiger partial charge is 0.508 e. The summed E-state index contributed by atoms with van der Waals surface area (Å²) >= 11 is 0. The lowest BCUT2D eigenvalue weighted by atomic mass is 10.1. The molecule has 4 N–H and O–H groups in total. The molecule has 1 unspecified atom stereocenters. The molecule has 66 valence electrons. The highest BCUT2D eigenvalue weighted by atomic mass is 16.3. The third-order valence-electron chi connectivity index (χ3n) is 1.80. The molecular weight excluding hydrogens is 154 g/mol. The van der Waals surface area contributed by atoms with Gasteiger partial charge in [0.25, 0.3) is 0 Å². The van der Waals surface area contributed by atoms with Crippen LogP contribution in [0.3, 0.4) is 0 Å². The lowest BCUT2D eigenvalue weighted by Gasteiger charge is -2.08. The molecule has 3 heteroatoms. The van der Waals surface area contributed by atoms with E-state index in [1.165, 1.54) is 0 Å². The number of phenols is 1. The molecule has 1 rings (SSSR count). The standard InChI is InChI=1S/C9H13NO2/c1-6(10)7-2-3-9(12)8(4-7)5-11/h2-4,6,11-12H,5,10H2,1H3. The summed E-state index contributed by atoms with van der Waals surface area (Å²) in [6, 6.07) is 4.93. The highest BCUT2D eigenvalue weighted by Gasteiger charge is 2.03. The van der Waals surface area contributed by atoms with E-state index >= 15 is 0 Å². The molecule has 0 saturated carbocycles. The molecule has 0 aliphatic heterocycles. The maximum Gasteiger partial charge on any atom is 0.121 e. The Hall–Kier alpha value is -1.06. The number of hydrogen-bond acceptors (Lipinski definition) is 3. The number of rotatable bonds is 2. The van der Waals surface area contributed by atoms with E-state index in [1.54, 1.807) is 18.2 Å². The van der Waals surface area contributed by atoms with Gasteiger partial charge in [0.2, 0.25) is 0 Å². The summed E-state index contributed by atoms with van der Waals surface area (Å²) in [4.78, 5) is 0. The van der Waals surface area contributed by atoms with Crippen molar-refractivity contribution in [2.75, 3.05) is 0 Å². The molecule has 0 aliphatic rings. The summed E-state index contributed by atoms with van der Waals surface area (Å²) in [5.74, 6) is 0.113. The van der Waals surface area contributed by atoms with Crippen LogP contribution in [-0.4, -0.2) is 10.2 Å². The Labute approximate surface area is 71.5 Å². The van der Waals surface area contributed by atoms with Gasteiger partial charge in [0.05, 0.1) is 6.61 Å². The fourth-order valence-corrected chi connectivity index (χ4v) is 1.02. The lowest BCUT2D eigenvalue weighted by molar-refractivity contribution is 0.275. The highest BCUT2D eigenvalue weighted by Crippen LogP contribution is 2.20. The molecule has 3 nitrogen and oxygen atoms in total. The van der Waals surface area contributed by atoms with Gasteiger partial charge in [-0.05, 0) is 24.6 Å².